The van der Waals surface area contributed by atoms with Crippen molar-refractivity contribution in [3.05, 3.63) is 0 Å². The van der Waals surface area contributed by atoms with Crippen LogP contribution in [-0.4, -0.2) is 18.0 Å². The molecule has 1 fully saturated rings. The maximum absolute atomic E-state index is 12.1. The molecule has 1 atom stereocenters. The molecule has 0 aromatic rings. The minimum atomic E-state index is -0.536. The highest BCUT2D eigenvalue weighted by atomic mass is 16.2. The highest BCUT2D eigenvalue weighted by Crippen LogP contribution is 2.51. The van der Waals surface area contributed by atoms with Crippen LogP contribution >= 0.6 is 0 Å². The lowest BCUT2D eigenvalue weighted by atomic mass is 9.74. The highest BCUT2D eigenvalue weighted by Gasteiger charge is 2.46. The Morgan fingerprint density at radius 2 is 1.81 bits per heavy atom. The van der Waals surface area contributed by atoms with Gasteiger partial charge < -0.3 is 11.1 Å². The average Bonchev–Trinajstić information content (AvgIpc) is 2.67. The van der Waals surface area contributed by atoms with Crippen molar-refractivity contribution in [1.82, 2.24) is 5.32 Å². The van der Waals surface area contributed by atoms with Crippen molar-refractivity contribution in [2.75, 3.05) is 6.54 Å². The lowest BCUT2D eigenvalue weighted by Gasteiger charge is -2.37. The molecule has 1 saturated carbocycles. The van der Waals surface area contributed by atoms with Crippen LogP contribution in [0, 0.1) is 16.7 Å². The Balaban J connectivity index is 2.47. The van der Waals surface area contributed by atoms with E-state index in [9.17, 15) is 4.79 Å². The Morgan fingerprint density at radius 3 is 2.12 bits per heavy atom. The van der Waals surface area contributed by atoms with E-state index in [0.717, 1.165) is 6.54 Å². The lowest BCUT2D eigenvalue weighted by Crippen LogP contribution is -2.55. The zero-order valence-electron chi connectivity index (χ0n) is 11.5. The number of hydrogen-bond acceptors (Lipinski definition) is 2. The van der Waals surface area contributed by atoms with E-state index in [-0.39, 0.29) is 5.91 Å². The normalized spacial score (nSPS) is 24.1. The van der Waals surface area contributed by atoms with Crippen LogP contribution in [-0.2, 0) is 4.79 Å². The van der Waals surface area contributed by atoms with E-state index in [0.29, 0.717) is 11.3 Å². The summed E-state index contributed by atoms with van der Waals surface area (Å²) < 4.78 is 0. The minimum Gasteiger partial charge on any atom is -0.355 e. The molecule has 0 aliphatic heterocycles. The third-order valence-corrected chi connectivity index (χ3v) is 4.41. The Kier molecular flexibility index (Phi) is 3.14. The van der Waals surface area contributed by atoms with Crippen LogP contribution < -0.4 is 11.1 Å². The smallest absolute Gasteiger partial charge is 0.227 e. The van der Waals surface area contributed by atoms with Gasteiger partial charge in [-0.1, -0.05) is 13.8 Å². The van der Waals surface area contributed by atoms with Crippen molar-refractivity contribution in [2.24, 2.45) is 22.5 Å². The molecule has 0 spiro atoms. The summed E-state index contributed by atoms with van der Waals surface area (Å²) >= 11 is 0. The molecular formula is C13H26N2O. The maximum Gasteiger partial charge on any atom is 0.227 e. The number of nitrogens with one attached hydrogen (secondary N) is 1. The molecule has 0 saturated heterocycles. The number of carbonyl (C=O) groups is 1. The summed E-state index contributed by atoms with van der Waals surface area (Å²) in [7, 11) is 0. The Labute approximate surface area is 99.2 Å². The molecule has 3 N–H and O–H groups in total. The molecule has 0 aromatic heterocycles. The molecule has 3 heteroatoms. The average molecular weight is 226 g/mol. The number of nitrogens with two attached hydrogens (primary N) is 1. The standard InChI is InChI=1S/C13H26N2O/c1-11(2)7-9(11)8-15-10(16)12(3,4)13(5,6)14/h9H,7-8,14H2,1-6H3,(H,15,16). The van der Waals surface area contributed by atoms with Gasteiger partial charge in [-0.25, -0.2) is 0 Å². The second kappa shape index (κ2) is 3.73. The summed E-state index contributed by atoms with van der Waals surface area (Å²) in [6.07, 6.45) is 1.21. The van der Waals surface area contributed by atoms with Crippen molar-refractivity contribution in [3.63, 3.8) is 0 Å². The fourth-order valence-electron chi connectivity index (χ4n) is 1.65. The van der Waals surface area contributed by atoms with Crippen molar-refractivity contribution >= 4 is 5.91 Å². The van der Waals surface area contributed by atoms with Gasteiger partial charge >= 0.3 is 0 Å². The van der Waals surface area contributed by atoms with E-state index >= 15 is 0 Å². The van der Waals surface area contributed by atoms with Gasteiger partial charge in [0, 0.05) is 12.1 Å². The van der Waals surface area contributed by atoms with Gasteiger partial charge in [0.2, 0.25) is 5.91 Å². The lowest BCUT2D eigenvalue weighted by molar-refractivity contribution is -0.132. The second-order valence-electron chi connectivity index (χ2n) is 6.95. The third kappa shape index (κ3) is 2.57. The van der Waals surface area contributed by atoms with E-state index in [1.165, 1.54) is 6.42 Å². The van der Waals surface area contributed by atoms with Gasteiger partial charge in [0.25, 0.3) is 0 Å². The third-order valence-electron chi connectivity index (χ3n) is 4.41. The molecule has 16 heavy (non-hydrogen) atoms. The fourth-order valence-corrected chi connectivity index (χ4v) is 1.65. The molecule has 0 aromatic carbocycles. The van der Waals surface area contributed by atoms with Crippen LogP contribution in [0.4, 0.5) is 0 Å². The van der Waals surface area contributed by atoms with E-state index in [1.54, 1.807) is 0 Å². The maximum atomic E-state index is 12.1. The molecule has 0 radical (unpaired) electrons. The molecule has 0 bridgehead atoms. The van der Waals surface area contributed by atoms with E-state index in [1.807, 2.05) is 27.7 Å². The van der Waals surface area contributed by atoms with Gasteiger partial charge in [-0.15, -0.1) is 0 Å². The Morgan fingerprint density at radius 1 is 1.38 bits per heavy atom. The number of carbonyl (C=O) groups excluding carboxylic acids is 1. The Bertz CT molecular complexity index is 287. The number of amides is 1. The quantitative estimate of drug-likeness (QED) is 0.769. The van der Waals surface area contributed by atoms with Gasteiger partial charge in [0.15, 0.2) is 0 Å². The van der Waals surface area contributed by atoms with Crippen LogP contribution in [0.5, 0.6) is 0 Å². The topological polar surface area (TPSA) is 55.1 Å². The number of hydrogen-bond donors (Lipinski definition) is 2. The van der Waals surface area contributed by atoms with Gasteiger partial charge in [-0.05, 0) is 45.4 Å². The molecule has 1 rings (SSSR count). The summed E-state index contributed by atoms with van der Waals surface area (Å²) in [5, 5.41) is 3.03. The van der Waals surface area contributed by atoms with Crippen LogP contribution in [0.25, 0.3) is 0 Å². The van der Waals surface area contributed by atoms with Crippen LogP contribution in [0.1, 0.15) is 48.0 Å². The largest absolute Gasteiger partial charge is 0.355 e. The van der Waals surface area contributed by atoms with Crippen LogP contribution in [0.15, 0.2) is 0 Å². The molecule has 1 amide bonds. The molecule has 3 nitrogen and oxygen atoms in total. The SMILES string of the molecule is CC1(C)CC1CNC(=O)C(C)(C)C(C)(C)N. The second-order valence-corrected chi connectivity index (χ2v) is 6.95. The molecule has 1 aliphatic rings. The summed E-state index contributed by atoms with van der Waals surface area (Å²) in [6.45, 7) is 12.9. The van der Waals surface area contributed by atoms with Crippen LogP contribution in [0.2, 0.25) is 0 Å². The van der Waals surface area contributed by atoms with Crippen LogP contribution in [0.3, 0.4) is 0 Å². The summed E-state index contributed by atoms with van der Waals surface area (Å²) in [4.78, 5) is 12.1. The van der Waals surface area contributed by atoms with Crippen molar-refractivity contribution in [3.8, 4) is 0 Å². The molecule has 1 aliphatic carbocycles. The fraction of sp³-hybridized carbons (Fsp3) is 0.923. The van der Waals surface area contributed by atoms with Crippen molar-refractivity contribution in [1.29, 1.82) is 0 Å². The summed E-state index contributed by atoms with van der Waals surface area (Å²) in [5.74, 6) is 0.691. The summed E-state index contributed by atoms with van der Waals surface area (Å²) in [6, 6.07) is 0. The molecule has 94 valence electrons. The van der Waals surface area contributed by atoms with E-state index in [4.69, 9.17) is 5.73 Å². The highest BCUT2D eigenvalue weighted by molar-refractivity contribution is 5.83. The van der Waals surface area contributed by atoms with E-state index < -0.39 is 11.0 Å². The van der Waals surface area contributed by atoms with Gasteiger partial charge in [-0.2, -0.15) is 0 Å². The zero-order valence-corrected chi connectivity index (χ0v) is 11.5. The zero-order chi connectivity index (χ0) is 12.8. The van der Waals surface area contributed by atoms with Gasteiger partial charge in [-0.3, -0.25) is 4.79 Å². The molecule has 1 unspecified atom stereocenters. The predicted octanol–water partition coefficient (Wildman–Crippen LogP) is 1.91. The van der Waals surface area contributed by atoms with Crippen molar-refractivity contribution < 1.29 is 4.79 Å². The first kappa shape index (κ1) is 13.5. The number of rotatable bonds is 4. The van der Waals surface area contributed by atoms with Gasteiger partial charge in [0.1, 0.15) is 0 Å². The first-order chi connectivity index (χ1) is 6.98. The first-order valence-electron chi connectivity index (χ1n) is 6.06. The predicted molar refractivity (Wildman–Crippen MR) is 66.9 cm³/mol. The minimum absolute atomic E-state index is 0.0581. The molecular weight excluding hydrogens is 200 g/mol. The van der Waals surface area contributed by atoms with Crippen molar-refractivity contribution in [2.45, 2.75) is 53.5 Å². The van der Waals surface area contributed by atoms with E-state index in [2.05, 4.69) is 19.2 Å². The molecule has 0 heterocycles. The first-order valence-corrected chi connectivity index (χ1v) is 6.06. The monoisotopic (exact) mass is 226 g/mol. The van der Waals surface area contributed by atoms with Gasteiger partial charge in [0.05, 0.1) is 5.41 Å². The summed E-state index contributed by atoms with van der Waals surface area (Å²) in [5.41, 5.74) is 5.40. The Hall–Kier alpha value is -0.570.